The van der Waals surface area contributed by atoms with Gasteiger partial charge in [-0.05, 0) is 30.7 Å². The second kappa shape index (κ2) is 6.28. The normalized spacial score (nSPS) is 10.7. The number of hydrogen-bond acceptors (Lipinski definition) is 4. The van der Waals surface area contributed by atoms with Gasteiger partial charge in [-0.2, -0.15) is 0 Å². The van der Waals surface area contributed by atoms with E-state index in [1.54, 1.807) is 0 Å². The molecule has 3 aromatic rings. The Morgan fingerprint density at radius 1 is 0.958 bits per heavy atom. The maximum absolute atomic E-state index is 12.8. The van der Waals surface area contributed by atoms with Crippen LogP contribution in [0.3, 0.4) is 0 Å². The van der Waals surface area contributed by atoms with Crippen LogP contribution in [0.2, 0.25) is 0 Å². The minimum absolute atomic E-state index is 0.154. The molecule has 0 saturated carbocycles. The van der Waals surface area contributed by atoms with Crippen molar-refractivity contribution in [3.63, 3.8) is 0 Å². The monoisotopic (exact) mass is 320 g/mol. The summed E-state index contributed by atoms with van der Waals surface area (Å²) in [6, 6.07) is 13.6. The molecule has 1 heterocycles. The zero-order valence-electron chi connectivity index (χ0n) is 14.3. The molecule has 0 unspecified atom stereocenters. The van der Waals surface area contributed by atoms with E-state index in [-0.39, 0.29) is 5.91 Å². The smallest absolute Gasteiger partial charge is 0.256 e. The third kappa shape index (κ3) is 2.93. The summed E-state index contributed by atoms with van der Waals surface area (Å²) < 4.78 is 0. The van der Waals surface area contributed by atoms with Gasteiger partial charge < -0.3 is 10.2 Å². The van der Waals surface area contributed by atoms with Crippen molar-refractivity contribution in [1.29, 1.82) is 0 Å². The van der Waals surface area contributed by atoms with Crippen molar-refractivity contribution < 1.29 is 4.79 Å². The summed E-state index contributed by atoms with van der Waals surface area (Å²) in [5.74, 6) is 0.479. The van der Waals surface area contributed by atoms with E-state index in [1.807, 2.05) is 75.3 Å². The summed E-state index contributed by atoms with van der Waals surface area (Å²) in [5.41, 5.74) is 2.81. The quantitative estimate of drug-likeness (QED) is 0.801. The minimum Gasteiger partial charge on any atom is -0.347 e. The highest BCUT2D eigenvalue weighted by Crippen LogP contribution is 2.23. The van der Waals surface area contributed by atoms with Crippen LogP contribution in [0.25, 0.3) is 10.8 Å². The maximum Gasteiger partial charge on any atom is 0.256 e. The van der Waals surface area contributed by atoms with Gasteiger partial charge in [0.1, 0.15) is 0 Å². The third-order valence-electron chi connectivity index (χ3n) is 3.93. The van der Waals surface area contributed by atoms with Gasteiger partial charge in [-0.1, -0.05) is 36.4 Å². The zero-order chi connectivity index (χ0) is 17.3. The first kappa shape index (κ1) is 15.9. The van der Waals surface area contributed by atoms with Crippen molar-refractivity contribution in [2.75, 3.05) is 24.3 Å². The Hall–Kier alpha value is -2.95. The molecule has 5 nitrogen and oxygen atoms in total. The predicted molar refractivity (Wildman–Crippen MR) is 97.7 cm³/mol. The van der Waals surface area contributed by atoms with Gasteiger partial charge in [-0.25, -0.2) is 9.97 Å². The molecular weight excluding hydrogens is 300 g/mol. The van der Waals surface area contributed by atoms with Crippen molar-refractivity contribution in [3.05, 3.63) is 59.4 Å². The summed E-state index contributed by atoms with van der Waals surface area (Å²) in [5, 5.41) is 4.94. The average molecular weight is 320 g/mol. The molecule has 1 N–H and O–H groups in total. The minimum atomic E-state index is -0.154. The van der Waals surface area contributed by atoms with Crippen LogP contribution in [0.1, 0.15) is 21.7 Å². The van der Waals surface area contributed by atoms with Gasteiger partial charge in [-0.3, -0.25) is 4.79 Å². The Bertz CT molecular complexity index is 890. The summed E-state index contributed by atoms with van der Waals surface area (Å²) >= 11 is 0. The summed E-state index contributed by atoms with van der Waals surface area (Å²) in [7, 11) is 3.78. The van der Waals surface area contributed by atoms with Gasteiger partial charge in [0.2, 0.25) is 5.95 Å². The standard InChI is InChI=1S/C19H20N4O/c1-12-17(13(2)21-19(20-12)23(3)4)22-18(24)16-11-7-9-14-8-5-6-10-15(14)16/h5-11H,1-4H3,(H,22,24). The number of aryl methyl sites for hydroxylation is 2. The van der Waals surface area contributed by atoms with Crippen LogP contribution in [0.5, 0.6) is 0 Å². The number of benzene rings is 2. The van der Waals surface area contributed by atoms with Crippen LogP contribution in [0, 0.1) is 13.8 Å². The second-order valence-corrected chi connectivity index (χ2v) is 5.94. The van der Waals surface area contributed by atoms with Crippen LogP contribution in [-0.4, -0.2) is 30.0 Å². The van der Waals surface area contributed by atoms with E-state index in [2.05, 4.69) is 15.3 Å². The molecule has 24 heavy (non-hydrogen) atoms. The van der Waals surface area contributed by atoms with Gasteiger partial charge in [0.25, 0.3) is 5.91 Å². The van der Waals surface area contributed by atoms with Gasteiger partial charge in [0.15, 0.2) is 0 Å². The highest BCUT2D eigenvalue weighted by Gasteiger charge is 2.15. The van der Waals surface area contributed by atoms with Crippen molar-refractivity contribution in [3.8, 4) is 0 Å². The lowest BCUT2D eigenvalue weighted by atomic mass is 10.0. The highest BCUT2D eigenvalue weighted by molar-refractivity contribution is 6.13. The van der Waals surface area contributed by atoms with Crippen LogP contribution in [-0.2, 0) is 0 Å². The van der Waals surface area contributed by atoms with E-state index < -0.39 is 0 Å². The summed E-state index contributed by atoms with van der Waals surface area (Å²) in [6.45, 7) is 3.75. The van der Waals surface area contributed by atoms with E-state index in [9.17, 15) is 4.79 Å². The molecule has 0 saturated heterocycles. The van der Waals surface area contributed by atoms with Crippen LogP contribution in [0.15, 0.2) is 42.5 Å². The van der Waals surface area contributed by atoms with Gasteiger partial charge in [-0.15, -0.1) is 0 Å². The fourth-order valence-corrected chi connectivity index (χ4v) is 2.68. The van der Waals surface area contributed by atoms with Crippen LogP contribution < -0.4 is 10.2 Å². The Kier molecular flexibility index (Phi) is 4.16. The number of nitrogens with one attached hydrogen (secondary N) is 1. The molecule has 5 heteroatoms. The largest absolute Gasteiger partial charge is 0.347 e. The van der Waals surface area contributed by atoms with Gasteiger partial charge in [0, 0.05) is 19.7 Å². The molecule has 2 aromatic carbocycles. The molecule has 0 bridgehead atoms. The second-order valence-electron chi connectivity index (χ2n) is 5.94. The first-order valence-electron chi connectivity index (χ1n) is 7.79. The number of anilines is 2. The lowest BCUT2D eigenvalue weighted by molar-refractivity contribution is 0.102. The predicted octanol–water partition coefficient (Wildman–Crippen LogP) is 3.56. The van der Waals surface area contributed by atoms with E-state index >= 15 is 0 Å². The van der Waals surface area contributed by atoms with E-state index in [1.165, 1.54) is 0 Å². The SMILES string of the molecule is Cc1nc(N(C)C)nc(C)c1NC(=O)c1cccc2ccccc12. The molecule has 3 rings (SSSR count). The Morgan fingerprint density at radius 3 is 2.25 bits per heavy atom. The molecular formula is C19H20N4O. The fraction of sp³-hybridized carbons (Fsp3) is 0.211. The fourth-order valence-electron chi connectivity index (χ4n) is 2.68. The van der Waals surface area contributed by atoms with Crippen molar-refractivity contribution >= 4 is 28.3 Å². The number of fused-ring (bicyclic) bond motifs is 1. The Morgan fingerprint density at radius 2 is 1.58 bits per heavy atom. The number of carbonyl (C=O) groups excluding carboxylic acids is 1. The van der Waals surface area contributed by atoms with Gasteiger partial charge in [0.05, 0.1) is 17.1 Å². The van der Waals surface area contributed by atoms with E-state index in [4.69, 9.17) is 0 Å². The molecule has 1 amide bonds. The average Bonchev–Trinajstić information content (AvgIpc) is 2.57. The molecule has 0 aliphatic carbocycles. The number of amides is 1. The first-order valence-corrected chi connectivity index (χ1v) is 7.79. The number of rotatable bonds is 3. The lowest BCUT2D eigenvalue weighted by Gasteiger charge is -2.16. The molecule has 0 aliphatic rings. The third-order valence-corrected chi connectivity index (χ3v) is 3.93. The van der Waals surface area contributed by atoms with Gasteiger partial charge >= 0.3 is 0 Å². The van der Waals surface area contributed by atoms with E-state index in [0.717, 1.165) is 22.2 Å². The molecule has 1 aromatic heterocycles. The van der Waals surface area contributed by atoms with Crippen molar-refractivity contribution in [2.45, 2.75) is 13.8 Å². The molecule has 0 atom stereocenters. The Labute approximate surface area is 141 Å². The first-order chi connectivity index (χ1) is 11.5. The molecule has 0 fully saturated rings. The topological polar surface area (TPSA) is 58.1 Å². The molecule has 0 aliphatic heterocycles. The highest BCUT2D eigenvalue weighted by atomic mass is 16.1. The number of nitrogens with zero attached hydrogens (tertiary/aromatic N) is 3. The zero-order valence-corrected chi connectivity index (χ0v) is 14.3. The summed E-state index contributed by atoms with van der Waals surface area (Å²) in [6.07, 6.45) is 0. The Balaban J connectivity index is 1.98. The number of carbonyl (C=O) groups is 1. The molecule has 122 valence electrons. The molecule has 0 radical (unpaired) electrons. The van der Waals surface area contributed by atoms with Crippen LogP contribution >= 0.6 is 0 Å². The van der Waals surface area contributed by atoms with Crippen LogP contribution in [0.4, 0.5) is 11.6 Å². The van der Waals surface area contributed by atoms with E-state index in [0.29, 0.717) is 17.2 Å². The van der Waals surface area contributed by atoms with Crippen molar-refractivity contribution in [2.24, 2.45) is 0 Å². The number of hydrogen-bond donors (Lipinski definition) is 1. The summed E-state index contributed by atoms with van der Waals surface area (Å²) in [4.78, 5) is 23.5. The maximum atomic E-state index is 12.8. The lowest BCUT2D eigenvalue weighted by Crippen LogP contribution is -2.18. The van der Waals surface area contributed by atoms with Crippen molar-refractivity contribution in [1.82, 2.24) is 9.97 Å². The number of aromatic nitrogens is 2. The molecule has 0 spiro atoms.